The Bertz CT molecular complexity index is 1070. The van der Waals surface area contributed by atoms with Crippen molar-refractivity contribution in [3.63, 3.8) is 0 Å². The quantitative estimate of drug-likeness (QED) is 0.529. The molecule has 2 saturated heterocycles. The van der Waals surface area contributed by atoms with E-state index in [0.29, 0.717) is 29.6 Å². The summed E-state index contributed by atoms with van der Waals surface area (Å²) in [6.45, 7) is 1.41. The largest absolute Gasteiger partial charge is 0.493 e. The van der Waals surface area contributed by atoms with Gasteiger partial charge in [0.05, 0.1) is 11.6 Å². The highest BCUT2D eigenvalue weighted by atomic mass is 35.5. The lowest BCUT2D eigenvalue weighted by Crippen LogP contribution is -2.43. The highest BCUT2D eigenvalue weighted by Gasteiger charge is 2.39. The van der Waals surface area contributed by atoms with Gasteiger partial charge in [0.15, 0.2) is 0 Å². The van der Waals surface area contributed by atoms with Crippen molar-refractivity contribution in [3.05, 3.63) is 52.5 Å². The fraction of sp³-hybridized carbons (Fsp3) is 0.536. The Morgan fingerprint density at radius 2 is 1.82 bits per heavy atom. The molecule has 0 aromatic heterocycles. The van der Waals surface area contributed by atoms with Gasteiger partial charge in [0.25, 0.3) is 5.91 Å². The lowest BCUT2D eigenvalue weighted by Gasteiger charge is -2.36. The molecule has 1 amide bonds. The maximum Gasteiger partial charge on any atom is 0.258 e. The molecule has 0 N–H and O–H groups in total. The van der Waals surface area contributed by atoms with Gasteiger partial charge < -0.3 is 19.3 Å². The average molecular weight is 481 g/mol. The third kappa shape index (κ3) is 4.18. The van der Waals surface area contributed by atoms with E-state index in [-0.39, 0.29) is 12.0 Å². The number of carbonyl (C=O) groups is 1. The van der Waals surface area contributed by atoms with Crippen molar-refractivity contribution < 1.29 is 14.3 Å². The maximum atomic E-state index is 13.3. The Hall–Kier alpha value is -2.24. The Morgan fingerprint density at radius 3 is 2.53 bits per heavy atom. The number of benzene rings is 2. The van der Waals surface area contributed by atoms with E-state index in [4.69, 9.17) is 21.1 Å². The molecular formula is C28H33ClN2O3. The SMILES string of the molecule is CN1[C@@H]2CC[C@H]1C[C@@H](Oc1ccc(N3CCc4cc(OCC5CCC5)ccc4C3=O)cc1Cl)C2. The zero-order chi connectivity index (χ0) is 23.2. The normalized spacial score (nSPS) is 26.8. The summed E-state index contributed by atoms with van der Waals surface area (Å²) in [5.74, 6) is 2.30. The average Bonchev–Trinajstić information content (AvgIpc) is 3.00. The van der Waals surface area contributed by atoms with E-state index in [9.17, 15) is 4.79 Å². The van der Waals surface area contributed by atoms with Gasteiger partial charge in [-0.15, -0.1) is 0 Å². The smallest absolute Gasteiger partial charge is 0.258 e. The number of hydrogen-bond donors (Lipinski definition) is 0. The van der Waals surface area contributed by atoms with Crippen LogP contribution in [0.5, 0.6) is 11.5 Å². The first kappa shape index (κ1) is 22.2. The molecule has 0 radical (unpaired) electrons. The standard InChI is InChI=1S/C28H33ClN2O3/c1-30-20-5-6-21(30)15-24(14-20)34-27-10-7-22(16-26(27)29)31-12-11-19-13-23(8-9-25(19)28(31)32)33-17-18-3-2-4-18/h7-10,13,16,18,20-21,24H,2-6,11-12,14-15,17H2,1H3/t20-,21+,24+. The molecule has 3 fully saturated rings. The van der Waals surface area contributed by atoms with Crippen molar-refractivity contribution in [3.8, 4) is 11.5 Å². The van der Waals surface area contributed by atoms with Crippen LogP contribution in [0.3, 0.4) is 0 Å². The predicted octanol–water partition coefficient (Wildman–Crippen LogP) is 5.73. The molecule has 180 valence electrons. The number of ether oxygens (including phenoxy) is 2. The molecule has 1 aliphatic carbocycles. The Morgan fingerprint density at radius 1 is 1.03 bits per heavy atom. The lowest BCUT2D eigenvalue weighted by atomic mass is 9.86. The first-order chi connectivity index (χ1) is 16.5. The highest BCUT2D eigenvalue weighted by Crippen LogP contribution is 2.38. The van der Waals surface area contributed by atoms with Crippen LogP contribution in [0.4, 0.5) is 5.69 Å². The molecule has 4 aliphatic rings. The van der Waals surface area contributed by atoms with Crippen LogP contribution in [-0.2, 0) is 6.42 Å². The molecule has 0 spiro atoms. The molecule has 3 heterocycles. The minimum absolute atomic E-state index is 0.0171. The summed E-state index contributed by atoms with van der Waals surface area (Å²) in [6.07, 6.45) is 9.50. The van der Waals surface area contributed by atoms with Gasteiger partial charge in [-0.25, -0.2) is 0 Å². The number of nitrogens with zero attached hydrogens (tertiary/aromatic N) is 2. The summed E-state index contributed by atoms with van der Waals surface area (Å²) in [4.78, 5) is 17.6. The molecule has 2 aromatic rings. The Kier molecular flexibility index (Phi) is 5.94. The number of fused-ring (bicyclic) bond motifs is 3. The van der Waals surface area contributed by atoms with Crippen LogP contribution < -0.4 is 14.4 Å². The highest BCUT2D eigenvalue weighted by molar-refractivity contribution is 6.32. The van der Waals surface area contributed by atoms with Gasteiger partial charge in [0.2, 0.25) is 0 Å². The summed E-state index contributed by atoms with van der Waals surface area (Å²) < 4.78 is 12.3. The van der Waals surface area contributed by atoms with E-state index >= 15 is 0 Å². The zero-order valence-corrected chi connectivity index (χ0v) is 20.6. The first-order valence-electron chi connectivity index (χ1n) is 12.8. The molecule has 1 saturated carbocycles. The molecule has 6 rings (SSSR count). The Labute approximate surface area is 207 Å². The lowest BCUT2D eigenvalue weighted by molar-refractivity contribution is 0.0662. The fourth-order valence-electron chi connectivity index (χ4n) is 6.07. The van der Waals surface area contributed by atoms with Crippen molar-refractivity contribution in [1.29, 1.82) is 0 Å². The van der Waals surface area contributed by atoms with Gasteiger partial charge >= 0.3 is 0 Å². The second-order valence-corrected chi connectivity index (χ2v) is 10.9. The van der Waals surface area contributed by atoms with Gasteiger partial charge in [0.1, 0.15) is 17.6 Å². The number of anilines is 1. The second-order valence-electron chi connectivity index (χ2n) is 10.5. The summed E-state index contributed by atoms with van der Waals surface area (Å²) in [5.41, 5.74) is 2.64. The third-order valence-electron chi connectivity index (χ3n) is 8.44. The topological polar surface area (TPSA) is 42.0 Å². The van der Waals surface area contributed by atoms with Crippen LogP contribution in [0, 0.1) is 5.92 Å². The van der Waals surface area contributed by atoms with Gasteiger partial charge in [-0.05, 0) is 99.9 Å². The van der Waals surface area contributed by atoms with Crippen molar-refractivity contribution >= 4 is 23.2 Å². The van der Waals surface area contributed by atoms with Crippen LogP contribution in [0.25, 0.3) is 0 Å². The Balaban J connectivity index is 1.12. The number of hydrogen-bond acceptors (Lipinski definition) is 4. The maximum absolute atomic E-state index is 13.3. The second kappa shape index (κ2) is 9.09. The van der Waals surface area contributed by atoms with E-state index < -0.39 is 0 Å². The molecular weight excluding hydrogens is 448 g/mol. The van der Waals surface area contributed by atoms with E-state index in [0.717, 1.165) is 54.2 Å². The van der Waals surface area contributed by atoms with Crippen molar-refractivity contribution in [2.45, 2.75) is 69.6 Å². The van der Waals surface area contributed by atoms with E-state index in [2.05, 4.69) is 11.9 Å². The number of amides is 1. The van der Waals surface area contributed by atoms with Crippen molar-refractivity contribution in [1.82, 2.24) is 4.90 Å². The van der Waals surface area contributed by atoms with E-state index in [1.807, 2.05) is 41.3 Å². The van der Waals surface area contributed by atoms with Crippen LogP contribution in [0.1, 0.15) is 60.9 Å². The van der Waals surface area contributed by atoms with Gasteiger partial charge in [-0.3, -0.25) is 4.79 Å². The molecule has 5 nitrogen and oxygen atoms in total. The molecule has 2 aromatic carbocycles. The summed E-state index contributed by atoms with van der Waals surface area (Å²) in [5, 5.41) is 0.571. The molecule has 6 heteroatoms. The van der Waals surface area contributed by atoms with Crippen molar-refractivity contribution in [2.75, 3.05) is 25.1 Å². The van der Waals surface area contributed by atoms with Crippen molar-refractivity contribution in [2.24, 2.45) is 5.92 Å². The summed E-state index contributed by atoms with van der Waals surface area (Å²) in [7, 11) is 2.23. The number of rotatable bonds is 6. The van der Waals surface area contributed by atoms with Gasteiger partial charge in [0, 0.05) is 29.9 Å². The third-order valence-corrected chi connectivity index (χ3v) is 8.74. The predicted molar refractivity (Wildman–Crippen MR) is 134 cm³/mol. The van der Waals surface area contributed by atoms with Crippen LogP contribution in [0.2, 0.25) is 5.02 Å². The molecule has 3 atom stereocenters. The van der Waals surface area contributed by atoms with Crippen LogP contribution in [-0.4, -0.2) is 49.2 Å². The van der Waals surface area contributed by atoms with Crippen LogP contribution in [0.15, 0.2) is 36.4 Å². The number of halogens is 1. The van der Waals surface area contributed by atoms with E-state index in [1.165, 1.54) is 32.1 Å². The number of carbonyl (C=O) groups excluding carboxylic acids is 1. The molecule has 34 heavy (non-hydrogen) atoms. The van der Waals surface area contributed by atoms with E-state index in [1.54, 1.807) is 0 Å². The molecule has 3 aliphatic heterocycles. The minimum Gasteiger partial charge on any atom is -0.493 e. The zero-order valence-electron chi connectivity index (χ0n) is 19.8. The van der Waals surface area contributed by atoms with Crippen LogP contribution >= 0.6 is 11.6 Å². The molecule has 2 bridgehead atoms. The number of piperidine rings is 1. The minimum atomic E-state index is 0.0171. The fourth-order valence-corrected chi connectivity index (χ4v) is 6.28. The first-order valence-corrected chi connectivity index (χ1v) is 13.2. The summed E-state index contributed by atoms with van der Waals surface area (Å²) in [6, 6.07) is 12.9. The van der Waals surface area contributed by atoms with Gasteiger partial charge in [-0.1, -0.05) is 18.0 Å². The molecule has 0 unspecified atom stereocenters. The summed E-state index contributed by atoms with van der Waals surface area (Å²) >= 11 is 6.64. The van der Waals surface area contributed by atoms with Gasteiger partial charge in [-0.2, -0.15) is 0 Å². The monoisotopic (exact) mass is 480 g/mol.